The molecule has 0 radical (unpaired) electrons. The second kappa shape index (κ2) is 11.1. The fraction of sp³-hybridized carbons (Fsp3) is 0.391. The fourth-order valence-corrected chi connectivity index (χ4v) is 2.95. The molecule has 2 amide bonds. The molecule has 0 aliphatic heterocycles. The Kier molecular flexibility index (Phi) is 8.53. The molecule has 0 fully saturated rings. The molecule has 0 spiro atoms. The lowest BCUT2D eigenvalue weighted by Gasteiger charge is -2.29. The van der Waals surface area contributed by atoms with Crippen LogP contribution in [0.15, 0.2) is 54.6 Å². The van der Waals surface area contributed by atoms with Crippen molar-refractivity contribution in [2.24, 2.45) is 0 Å². The lowest BCUT2D eigenvalue weighted by molar-refractivity contribution is -0.140. The molecule has 0 aliphatic carbocycles. The van der Waals surface area contributed by atoms with E-state index < -0.39 is 6.04 Å². The first kappa shape index (κ1) is 21.5. The quantitative estimate of drug-likeness (QED) is 0.637. The molecule has 2 rings (SSSR count). The Morgan fingerprint density at radius 3 is 2.43 bits per heavy atom. The SMILES string of the molecule is CCNC(=O)[C@@H](C)N(Cc1ccccc1C)C(=O)CCCOc1ccccc1. The van der Waals surface area contributed by atoms with Crippen molar-refractivity contribution in [2.75, 3.05) is 13.2 Å². The first-order valence-corrected chi connectivity index (χ1v) is 9.82. The van der Waals surface area contributed by atoms with Gasteiger partial charge in [0.1, 0.15) is 11.8 Å². The number of aryl methyl sites for hydroxylation is 1. The predicted molar refractivity (Wildman–Crippen MR) is 111 cm³/mol. The molecule has 150 valence electrons. The predicted octanol–water partition coefficient (Wildman–Crippen LogP) is 3.71. The van der Waals surface area contributed by atoms with Crippen molar-refractivity contribution in [2.45, 2.75) is 46.2 Å². The van der Waals surface area contributed by atoms with E-state index in [1.165, 1.54) is 0 Å². The minimum absolute atomic E-state index is 0.0429. The summed E-state index contributed by atoms with van der Waals surface area (Å²) in [6.45, 7) is 7.09. The Bertz CT molecular complexity index is 761. The maximum absolute atomic E-state index is 12.9. The highest BCUT2D eigenvalue weighted by Gasteiger charge is 2.25. The van der Waals surface area contributed by atoms with E-state index in [4.69, 9.17) is 4.74 Å². The molecule has 0 aromatic heterocycles. The van der Waals surface area contributed by atoms with Crippen molar-refractivity contribution >= 4 is 11.8 Å². The van der Waals surface area contributed by atoms with Gasteiger partial charge in [0.05, 0.1) is 6.61 Å². The molecule has 0 heterocycles. The number of para-hydroxylation sites is 1. The molecule has 0 bridgehead atoms. The van der Waals surface area contributed by atoms with Crippen molar-refractivity contribution < 1.29 is 14.3 Å². The van der Waals surface area contributed by atoms with Crippen molar-refractivity contribution in [3.05, 3.63) is 65.7 Å². The van der Waals surface area contributed by atoms with Crippen LogP contribution in [0, 0.1) is 6.92 Å². The van der Waals surface area contributed by atoms with Crippen LogP contribution in [0.5, 0.6) is 5.75 Å². The molecular formula is C23H30N2O3. The van der Waals surface area contributed by atoms with Crippen LogP contribution in [0.25, 0.3) is 0 Å². The first-order valence-electron chi connectivity index (χ1n) is 9.82. The van der Waals surface area contributed by atoms with Gasteiger partial charge in [0.2, 0.25) is 11.8 Å². The third kappa shape index (κ3) is 6.41. The number of nitrogens with one attached hydrogen (secondary N) is 1. The standard InChI is InChI=1S/C23H30N2O3/c1-4-24-23(27)19(3)25(17-20-12-9-8-11-18(20)2)22(26)15-10-16-28-21-13-6-5-7-14-21/h5-9,11-14,19H,4,10,15-17H2,1-3H3,(H,24,27)/t19-/m1/s1. The zero-order valence-electron chi connectivity index (χ0n) is 17.0. The van der Waals surface area contributed by atoms with Gasteiger partial charge < -0.3 is 15.0 Å². The van der Waals surface area contributed by atoms with E-state index in [9.17, 15) is 9.59 Å². The summed E-state index contributed by atoms with van der Waals surface area (Å²) < 4.78 is 5.67. The lowest BCUT2D eigenvalue weighted by Crippen LogP contribution is -2.47. The Balaban J connectivity index is 1.99. The molecule has 0 aliphatic rings. The van der Waals surface area contributed by atoms with E-state index in [1.807, 2.05) is 68.4 Å². The highest BCUT2D eigenvalue weighted by atomic mass is 16.5. The Morgan fingerprint density at radius 2 is 1.75 bits per heavy atom. The summed E-state index contributed by atoms with van der Waals surface area (Å²) in [5.74, 6) is 0.617. The highest BCUT2D eigenvalue weighted by Crippen LogP contribution is 2.15. The molecule has 28 heavy (non-hydrogen) atoms. The number of nitrogens with zero attached hydrogens (tertiary/aromatic N) is 1. The van der Waals surface area contributed by atoms with Crippen molar-refractivity contribution in [3.63, 3.8) is 0 Å². The summed E-state index contributed by atoms with van der Waals surface area (Å²) in [6, 6.07) is 17.0. The molecule has 2 aromatic rings. The molecule has 0 saturated carbocycles. The first-order chi connectivity index (χ1) is 13.5. The second-order valence-electron chi connectivity index (χ2n) is 6.78. The van der Waals surface area contributed by atoms with Gasteiger partial charge in [0, 0.05) is 19.5 Å². The summed E-state index contributed by atoms with van der Waals surface area (Å²) in [4.78, 5) is 26.9. The summed E-state index contributed by atoms with van der Waals surface area (Å²) in [7, 11) is 0. The molecular weight excluding hydrogens is 352 g/mol. The average Bonchev–Trinajstić information content (AvgIpc) is 2.71. The number of amides is 2. The van der Waals surface area contributed by atoms with Crippen LogP contribution in [0.3, 0.4) is 0 Å². The van der Waals surface area contributed by atoms with Crippen molar-refractivity contribution in [3.8, 4) is 5.75 Å². The Labute approximate surface area is 167 Å². The van der Waals surface area contributed by atoms with Gasteiger partial charge in [-0.05, 0) is 50.5 Å². The zero-order valence-corrected chi connectivity index (χ0v) is 17.0. The molecule has 2 aromatic carbocycles. The number of rotatable bonds is 10. The molecule has 0 unspecified atom stereocenters. The van der Waals surface area contributed by atoms with Gasteiger partial charge in [-0.2, -0.15) is 0 Å². The second-order valence-corrected chi connectivity index (χ2v) is 6.78. The van der Waals surface area contributed by atoms with Crippen LogP contribution < -0.4 is 10.1 Å². The van der Waals surface area contributed by atoms with Crippen molar-refractivity contribution in [1.29, 1.82) is 0 Å². The average molecular weight is 383 g/mol. The minimum Gasteiger partial charge on any atom is -0.494 e. The lowest BCUT2D eigenvalue weighted by atomic mass is 10.1. The third-order valence-corrected chi connectivity index (χ3v) is 4.67. The van der Waals surface area contributed by atoms with Crippen LogP contribution in [-0.4, -0.2) is 35.9 Å². The minimum atomic E-state index is -0.526. The number of carbonyl (C=O) groups excluding carboxylic acids is 2. The smallest absolute Gasteiger partial charge is 0.242 e. The van der Waals surface area contributed by atoms with E-state index in [2.05, 4.69) is 5.32 Å². The van der Waals surface area contributed by atoms with E-state index in [-0.39, 0.29) is 11.8 Å². The van der Waals surface area contributed by atoms with Gasteiger partial charge in [-0.3, -0.25) is 9.59 Å². The largest absolute Gasteiger partial charge is 0.494 e. The number of hydrogen-bond donors (Lipinski definition) is 1. The van der Waals surface area contributed by atoms with Crippen LogP contribution in [-0.2, 0) is 16.1 Å². The molecule has 1 N–H and O–H groups in total. The number of likely N-dealkylation sites (N-methyl/N-ethyl adjacent to an activating group) is 1. The Hall–Kier alpha value is -2.82. The monoisotopic (exact) mass is 382 g/mol. The summed E-state index contributed by atoms with van der Waals surface area (Å²) >= 11 is 0. The fourth-order valence-electron chi connectivity index (χ4n) is 2.95. The summed E-state index contributed by atoms with van der Waals surface area (Å²) in [5.41, 5.74) is 2.16. The normalized spacial score (nSPS) is 11.5. The number of ether oxygens (including phenoxy) is 1. The maximum atomic E-state index is 12.9. The number of benzene rings is 2. The van der Waals surface area contributed by atoms with Crippen LogP contribution >= 0.6 is 0 Å². The van der Waals surface area contributed by atoms with E-state index >= 15 is 0 Å². The van der Waals surface area contributed by atoms with Crippen LogP contribution in [0.4, 0.5) is 0 Å². The Morgan fingerprint density at radius 1 is 1.07 bits per heavy atom. The molecule has 1 atom stereocenters. The molecule has 5 nitrogen and oxygen atoms in total. The van der Waals surface area contributed by atoms with Gasteiger partial charge >= 0.3 is 0 Å². The van der Waals surface area contributed by atoms with E-state index in [0.717, 1.165) is 16.9 Å². The highest BCUT2D eigenvalue weighted by molar-refractivity contribution is 5.87. The van der Waals surface area contributed by atoms with Crippen LogP contribution in [0.2, 0.25) is 0 Å². The van der Waals surface area contributed by atoms with Gasteiger partial charge in [-0.15, -0.1) is 0 Å². The van der Waals surface area contributed by atoms with E-state index in [1.54, 1.807) is 11.8 Å². The third-order valence-electron chi connectivity index (χ3n) is 4.67. The van der Waals surface area contributed by atoms with Gasteiger partial charge in [0.25, 0.3) is 0 Å². The van der Waals surface area contributed by atoms with Gasteiger partial charge in [0.15, 0.2) is 0 Å². The zero-order chi connectivity index (χ0) is 20.4. The molecule has 5 heteroatoms. The van der Waals surface area contributed by atoms with Crippen LogP contribution in [0.1, 0.15) is 37.8 Å². The topological polar surface area (TPSA) is 58.6 Å². The summed E-state index contributed by atoms with van der Waals surface area (Å²) in [5, 5.41) is 2.81. The van der Waals surface area contributed by atoms with Gasteiger partial charge in [-0.25, -0.2) is 0 Å². The number of hydrogen-bond acceptors (Lipinski definition) is 3. The van der Waals surface area contributed by atoms with Gasteiger partial charge in [-0.1, -0.05) is 42.5 Å². The summed E-state index contributed by atoms with van der Waals surface area (Å²) in [6.07, 6.45) is 0.933. The van der Waals surface area contributed by atoms with E-state index in [0.29, 0.717) is 32.5 Å². The number of carbonyl (C=O) groups is 2. The molecule has 0 saturated heterocycles. The maximum Gasteiger partial charge on any atom is 0.242 e. The van der Waals surface area contributed by atoms with Crippen molar-refractivity contribution in [1.82, 2.24) is 10.2 Å².